The van der Waals surface area contributed by atoms with Crippen LogP contribution in [0, 0.1) is 0 Å². The molecule has 2 rings (SSSR count). The van der Waals surface area contributed by atoms with Crippen LogP contribution in [0.4, 0.5) is 4.79 Å². The molecule has 0 bridgehead atoms. The van der Waals surface area contributed by atoms with Gasteiger partial charge in [0.05, 0.1) is 0 Å². The van der Waals surface area contributed by atoms with Crippen molar-refractivity contribution >= 4 is 6.09 Å². The summed E-state index contributed by atoms with van der Waals surface area (Å²) in [5.41, 5.74) is 0.762. The predicted molar refractivity (Wildman–Crippen MR) is 87.5 cm³/mol. The normalized spacial score (nSPS) is 20.4. The number of allylic oxidation sites excluding steroid dienone is 4. The average molecular weight is 305 g/mol. The molecular formula is C18H27NO3. The summed E-state index contributed by atoms with van der Waals surface area (Å²) in [5.74, 6) is 0.925. The first kappa shape index (κ1) is 16.7. The van der Waals surface area contributed by atoms with Crippen LogP contribution in [-0.2, 0) is 9.47 Å². The van der Waals surface area contributed by atoms with E-state index in [1.807, 2.05) is 26.8 Å². The largest absolute Gasteiger partial charge is 0.491 e. The molecule has 0 aromatic rings. The van der Waals surface area contributed by atoms with Crippen molar-refractivity contribution in [1.29, 1.82) is 0 Å². The first-order valence-corrected chi connectivity index (χ1v) is 8.01. The molecule has 0 N–H and O–H groups in total. The summed E-state index contributed by atoms with van der Waals surface area (Å²) in [7, 11) is 0. The van der Waals surface area contributed by atoms with Gasteiger partial charge in [-0.15, -0.1) is 0 Å². The van der Waals surface area contributed by atoms with Crippen molar-refractivity contribution in [3.05, 3.63) is 36.1 Å². The predicted octanol–water partition coefficient (Wildman–Crippen LogP) is 4.19. The van der Waals surface area contributed by atoms with E-state index in [-0.39, 0.29) is 12.2 Å². The van der Waals surface area contributed by atoms with Crippen molar-refractivity contribution in [2.75, 3.05) is 13.1 Å². The Morgan fingerprint density at radius 3 is 2.59 bits per heavy atom. The highest BCUT2D eigenvalue weighted by Gasteiger charge is 2.27. The zero-order chi connectivity index (χ0) is 16.2. The summed E-state index contributed by atoms with van der Waals surface area (Å²) in [4.78, 5) is 13.8. The molecule has 0 atom stereocenters. The molecule has 0 radical (unpaired) electrons. The second kappa shape index (κ2) is 7.03. The molecular weight excluding hydrogens is 278 g/mol. The van der Waals surface area contributed by atoms with Crippen LogP contribution in [0.5, 0.6) is 0 Å². The zero-order valence-corrected chi connectivity index (χ0v) is 13.9. The van der Waals surface area contributed by atoms with Crippen LogP contribution in [0.3, 0.4) is 0 Å². The van der Waals surface area contributed by atoms with E-state index in [9.17, 15) is 4.79 Å². The second-order valence-corrected chi connectivity index (χ2v) is 6.95. The van der Waals surface area contributed by atoms with Gasteiger partial charge in [-0.1, -0.05) is 18.2 Å². The molecule has 1 aliphatic carbocycles. The number of hydrogen-bond acceptors (Lipinski definition) is 3. The monoisotopic (exact) mass is 305 g/mol. The van der Waals surface area contributed by atoms with Gasteiger partial charge in [0.2, 0.25) is 0 Å². The molecule has 0 aromatic heterocycles. The third-order valence-corrected chi connectivity index (χ3v) is 3.68. The molecule has 4 nitrogen and oxygen atoms in total. The summed E-state index contributed by atoms with van der Waals surface area (Å²) < 4.78 is 11.4. The maximum atomic E-state index is 12.0. The lowest BCUT2D eigenvalue weighted by Crippen LogP contribution is -2.43. The highest BCUT2D eigenvalue weighted by molar-refractivity contribution is 5.68. The lowest BCUT2D eigenvalue weighted by molar-refractivity contribution is 0.00551. The van der Waals surface area contributed by atoms with E-state index >= 15 is 0 Å². The molecule has 0 saturated carbocycles. The van der Waals surface area contributed by atoms with E-state index < -0.39 is 5.60 Å². The quantitative estimate of drug-likeness (QED) is 0.718. The lowest BCUT2D eigenvalue weighted by atomic mass is 10.1. The fraction of sp³-hybridized carbons (Fsp3) is 0.611. The van der Waals surface area contributed by atoms with Crippen LogP contribution >= 0.6 is 0 Å². The molecule has 4 heteroatoms. The maximum absolute atomic E-state index is 12.0. The van der Waals surface area contributed by atoms with E-state index in [2.05, 4.69) is 18.7 Å². The van der Waals surface area contributed by atoms with E-state index in [1.165, 1.54) is 5.57 Å². The van der Waals surface area contributed by atoms with Crippen molar-refractivity contribution in [3.63, 3.8) is 0 Å². The van der Waals surface area contributed by atoms with Crippen LogP contribution in [0.2, 0.25) is 0 Å². The fourth-order valence-electron chi connectivity index (χ4n) is 2.50. The summed E-state index contributed by atoms with van der Waals surface area (Å²) >= 11 is 0. The van der Waals surface area contributed by atoms with Crippen molar-refractivity contribution in [2.45, 2.75) is 58.2 Å². The lowest BCUT2D eigenvalue weighted by Gasteiger charge is -2.33. The van der Waals surface area contributed by atoms with Gasteiger partial charge in [0.15, 0.2) is 0 Å². The van der Waals surface area contributed by atoms with E-state index in [0.29, 0.717) is 13.1 Å². The highest BCUT2D eigenvalue weighted by Crippen LogP contribution is 2.22. The summed E-state index contributed by atoms with van der Waals surface area (Å²) in [6.45, 7) is 11.0. The van der Waals surface area contributed by atoms with Crippen LogP contribution in [0.25, 0.3) is 0 Å². The topological polar surface area (TPSA) is 38.8 Å². The van der Waals surface area contributed by atoms with Gasteiger partial charge in [-0.3, -0.25) is 0 Å². The molecule has 22 heavy (non-hydrogen) atoms. The molecule has 0 unspecified atom stereocenters. The second-order valence-electron chi connectivity index (χ2n) is 6.95. The minimum Gasteiger partial charge on any atom is -0.491 e. The van der Waals surface area contributed by atoms with Gasteiger partial charge < -0.3 is 14.4 Å². The number of hydrogen-bond donors (Lipinski definition) is 0. The summed E-state index contributed by atoms with van der Waals surface area (Å²) in [5, 5.41) is 0. The Morgan fingerprint density at radius 1 is 1.27 bits per heavy atom. The Labute approximate surface area is 133 Å². The third kappa shape index (κ3) is 5.24. The molecule has 1 amide bonds. The van der Waals surface area contributed by atoms with Gasteiger partial charge in [0.25, 0.3) is 0 Å². The summed E-state index contributed by atoms with van der Waals surface area (Å²) in [6.07, 6.45) is 9.62. The number of nitrogens with zero attached hydrogens (tertiary/aromatic N) is 1. The van der Waals surface area contributed by atoms with Crippen molar-refractivity contribution in [2.24, 2.45) is 0 Å². The van der Waals surface area contributed by atoms with Crippen molar-refractivity contribution in [1.82, 2.24) is 4.90 Å². The van der Waals surface area contributed by atoms with Crippen LogP contribution in [0.1, 0.15) is 46.5 Å². The average Bonchev–Trinajstić information content (AvgIpc) is 2.63. The van der Waals surface area contributed by atoms with Gasteiger partial charge in [-0.2, -0.15) is 0 Å². The molecule has 122 valence electrons. The third-order valence-electron chi connectivity index (χ3n) is 3.68. The fourth-order valence-corrected chi connectivity index (χ4v) is 2.50. The van der Waals surface area contributed by atoms with E-state index in [0.717, 1.165) is 31.4 Å². The first-order chi connectivity index (χ1) is 10.3. The number of piperidine rings is 1. The van der Waals surface area contributed by atoms with Gasteiger partial charge in [0.1, 0.15) is 17.5 Å². The molecule has 1 aliphatic heterocycles. The molecule has 0 aromatic carbocycles. The molecule has 1 saturated heterocycles. The number of rotatable bonds is 2. The van der Waals surface area contributed by atoms with Gasteiger partial charge >= 0.3 is 6.09 Å². The standard InChI is InChI=1S/C18H27NO3/c1-14-6-5-7-15(9-8-14)21-16-10-12-19(13-11-16)17(20)22-18(2,3)4/h5,7,9,16H,1,6,8,10-13H2,2-4H3. The Morgan fingerprint density at radius 2 is 1.95 bits per heavy atom. The molecule has 1 heterocycles. The van der Waals surface area contributed by atoms with E-state index in [1.54, 1.807) is 4.90 Å². The van der Waals surface area contributed by atoms with E-state index in [4.69, 9.17) is 9.47 Å². The molecule has 0 spiro atoms. The van der Waals surface area contributed by atoms with Crippen molar-refractivity contribution in [3.8, 4) is 0 Å². The Balaban J connectivity index is 1.80. The molecule has 1 fully saturated rings. The number of carbonyl (C=O) groups excluding carboxylic acids is 1. The number of ether oxygens (including phenoxy) is 2. The zero-order valence-electron chi connectivity index (χ0n) is 13.9. The van der Waals surface area contributed by atoms with Crippen LogP contribution in [0.15, 0.2) is 36.1 Å². The number of amides is 1. The SMILES string of the molecule is C=C1CC=CC(OC2CCN(C(=O)OC(C)(C)C)CC2)=CC1. The van der Waals surface area contributed by atoms with Crippen molar-refractivity contribution < 1.29 is 14.3 Å². The minimum atomic E-state index is -0.442. The van der Waals surface area contributed by atoms with Gasteiger partial charge in [0, 0.05) is 25.9 Å². The summed E-state index contributed by atoms with van der Waals surface area (Å²) in [6, 6.07) is 0. The minimum absolute atomic E-state index is 0.168. The Kier molecular flexibility index (Phi) is 5.33. The smallest absolute Gasteiger partial charge is 0.410 e. The number of likely N-dealkylation sites (tertiary alicyclic amines) is 1. The van der Waals surface area contributed by atoms with Crippen LogP contribution < -0.4 is 0 Å². The first-order valence-electron chi connectivity index (χ1n) is 8.01. The maximum Gasteiger partial charge on any atom is 0.410 e. The Hall–Kier alpha value is -1.71. The number of carbonyl (C=O) groups is 1. The highest BCUT2D eigenvalue weighted by atomic mass is 16.6. The van der Waals surface area contributed by atoms with Gasteiger partial charge in [-0.25, -0.2) is 4.79 Å². The molecule has 2 aliphatic rings. The van der Waals surface area contributed by atoms with Gasteiger partial charge in [-0.05, 0) is 45.8 Å². The Bertz CT molecular complexity index is 477. The van der Waals surface area contributed by atoms with Crippen LogP contribution in [-0.4, -0.2) is 35.8 Å².